The zero-order valence-corrected chi connectivity index (χ0v) is 24.8. The van der Waals surface area contributed by atoms with Crippen molar-refractivity contribution in [2.45, 2.75) is 39.8 Å². The fourth-order valence-electron chi connectivity index (χ4n) is 4.65. The van der Waals surface area contributed by atoms with E-state index in [4.69, 9.17) is 25.5 Å². The van der Waals surface area contributed by atoms with Gasteiger partial charge in [-0.2, -0.15) is 0 Å². The molecule has 0 spiro atoms. The van der Waals surface area contributed by atoms with Crippen LogP contribution >= 0.6 is 22.9 Å². The molecule has 0 aliphatic carbocycles. The summed E-state index contributed by atoms with van der Waals surface area (Å²) in [4.78, 5) is 43.5. The lowest BCUT2D eigenvalue weighted by Gasteiger charge is -2.25. The van der Waals surface area contributed by atoms with Gasteiger partial charge in [-0.1, -0.05) is 41.1 Å². The molecule has 0 bridgehead atoms. The number of carbonyl (C=O) groups is 2. The van der Waals surface area contributed by atoms with Crippen molar-refractivity contribution in [2.24, 2.45) is 4.99 Å². The van der Waals surface area contributed by atoms with Gasteiger partial charge in [0, 0.05) is 11.6 Å². The van der Waals surface area contributed by atoms with Crippen molar-refractivity contribution in [2.75, 3.05) is 6.61 Å². The lowest BCUT2D eigenvalue weighted by atomic mass is 9.96. The van der Waals surface area contributed by atoms with Crippen molar-refractivity contribution in [1.29, 1.82) is 0 Å². The Kier molecular flexibility index (Phi) is 8.20. The number of carboxylic acid groups (broad SMARTS) is 1. The molecule has 0 saturated heterocycles. The summed E-state index contributed by atoms with van der Waals surface area (Å²) >= 11 is 7.31. The SMILES string of the molecule is CCOc1ccc([C@H]2C(C(=O)OC(C)C)=C(C)N=c3s/c(=C/c4ccc(-c5ccc(C(=O)O)c(Cl)c5)o4)c(=O)n32)cc1. The summed E-state index contributed by atoms with van der Waals surface area (Å²) in [5.41, 5.74) is 1.70. The molecule has 0 saturated carbocycles. The van der Waals surface area contributed by atoms with Crippen LogP contribution in [0.15, 0.2) is 80.1 Å². The zero-order valence-electron chi connectivity index (χ0n) is 23.2. The predicted octanol–water partition coefficient (Wildman–Crippen LogP) is 5.20. The summed E-state index contributed by atoms with van der Waals surface area (Å²) in [7, 11) is 0. The Morgan fingerprint density at radius 2 is 1.90 bits per heavy atom. The van der Waals surface area contributed by atoms with E-state index in [1.165, 1.54) is 28.0 Å². The predicted molar refractivity (Wildman–Crippen MR) is 159 cm³/mol. The van der Waals surface area contributed by atoms with E-state index in [1.54, 1.807) is 57.2 Å². The molecule has 1 aliphatic heterocycles. The van der Waals surface area contributed by atoms with Crippen LogP contribution < -0.4 is 19.6 Å². The van der Waals surface area contributed by atoms with Gasteiger partial charge in [0.2, 0.25) is 0 Å². The Morgan fingerprint density at radius 3 is 2.55 bits per heavy atom. The number of carboxylic acids is 1. The summed E-state index contributed by atoms with van der Waals surface area (Å²) in [5.74, 6) is -0.131. The maximum Gasteiger partial charge on any atom is 0.338 e. The Balaban J connectivity index is 1.59. The maximum absolute atomic E-state index is 13.9. The van der Waals surface area contributed by atoms with Crippen LogP contribution in [0.3, 0.4) is 0 Å². The largest absolute Gasteiger partial charge is 0.494 e. The second-order valence-corrected chi connectivity index (χ2v) is 11.2. The highest BCUT2D eigenvalue weighted by Crippen LogP contribution is 2.32. The van der Waals surface area contributed by atoms with Crippen LogP contribution in [0.4, 0.5) is 0 Å². The summed E-state index contributed by atoms with van der Waals surface area (Å²) in [6.07, 6.45) is 1.26. The molecule has 1 atom stereocenters. The average Bonchev–Trinajstić information content (AvgIpc) is 3.52. The molecule has 2 aromatic heterocycles. The number of ether oxygens (including phenoxy) is 2. The molecule has 0 fully saturated rings. The molecule has 11 heteroatoms. The van der Waals surface area contributed by atoms with Crippen molar-refractivity contribution < 1.29 is 28.6 Å². The third kappa shape index (κ3) is 5.68. The number of fused-ring (bicyclic) bond motifs is 1. The fraction of sp³-hybridized carbons (Fsp3) is 0.226. The van der Waals surface area contributed by atoms with E-state index >= 15 is 0 Å². The van der Waals surface area contributed by atoms with Crippen LogP contribution in [0.5, 0.6) is 5.75 Å². The Hall–Kier alpha value is -4.41. The molecule has 216 valence electrons. The molecule has 2 aromatic carbocycles. The van der Waals surface area contributed by atoms with Crippen molar-refractivity contribution in [3.8, 4) is 17.1 Å². The van der Waals surface area contributed by atoms with E-state index in [1.807, 2.05) is 19.1 Å². The van der Waals surface area contributed by atoms with Crippen LogP contribution in [0.2, 0.25) is 5.02 Å². The number of aromatic nitrogens is 1. The number of allylic oxidation sites excluding steroid dienone is 1. The van der Waals surface area contributed by atoms with Gasteiger partial charge in [-0.25, -0.2) is 14.6 Å². The van der Waals surface area contributed by atoms with E-state index < -0.39 is 18.0 Å². The molecule has 0 amide bonds. The first kappa shape index (κ1) is 29.1. The number of benzene rings is 2. The first-order chi connectivity index (χ1) is 20.1. The van der Waals surface area contributed by atoms with Gasteiger partial charge < -0.3 is 19.0 Å². The van der Waals surface area contributed by atoms with E-state index in [9.17, 15) is 19.5 Å². The highest BCUT2D eigenvalue weighted by molar-refractivity contribution is 7.07. The highest BCUT2D eigenvalue weighted by Gasteiger charge is 2.33. The quantitative estimate of drug-likeness (QED) is 0.274. The zero-order chi connectivity index (χ0) is 30.1. The minimum absolute atomic E-state index is 0.0117. The number of esters is 1. The lowest BCUT2D eigenvalue weighted by molar-refractivity contribution is -0.143. The second-order valence-electron chi connectivity index (χ2n) is 9.74. The van der Waals surface area contributed by atoms with Gasteiger partial charge in [-0.15, -0.1) is 0 Å². The smallest absolute Gasteiger partial charge is 0.338 e. The summed E-state index contributed by atoms with van der Waals surface area (Å²) < 4.78 is 18.9. The van der Waals surface area contributed by atoms with E-state index in [-0.39, 0.29) is 27.8 Å². The van der Waals surface area contributed by atoms with E-state index in [0.717, 1.165) is 0 Å². The lowest BCUT2D eigenvalue weighted by Crippen LogP contribution is -2.40. The molecule has 0 radical (unpaired) electrons. The first-order valence-electron chi connectivity index (χ1n) is 13.2. The van der Waals surface area contributed by atoms with Gasteiger partial charge in [0.25, 0.3) is 5.56 Å². The number of aromatic carboxylic acids is 1. The molecule has 1 aliphatic rings. The van der Waals surface area contributed by atoms with E-state index in [0.29, 0.717) is 50.0 Å². The number of rotatable bonds is 8. The minimum atomic E-state index is -1.12. The Labute approximate surface area is 249 Å². The third-order valence-corrected chi connectivity index (χ3v) is 7.77. The number of hydrogen-bond acceptors (Lipinski definition) is 8. The average molecular weight is 607 g/mol. The van der Waals surface area contributed by atoms with Gasteiger partial charge in [0.05, 0.1) is 45.1 Å². The molecule has 9 nitrogen and oxygen atoms in total. The molecule has 0 unspecified atom stereocenters. The van der Waals surface area contributed by atoms with Crippen LogP contribution in [0, 0.1) is 0 Å². The van der Waals surface area contributed by atoms with Gasteiger partial charge in [-0.3, -0.25) is 9.36 Å². The Bertz CT molecular complexity index is 1900. The number of halogens is 1. The van der Waals surface area contributed by atoms with Gasteiger partial charge in [0.15, 0.2) is 4.80 Å². The van der Waals surface area contributed by atoms with Gasteiger partial charge in [0.1, 0.15) is 17.3 Å². The van der Waals surface area contributed by atoms with Crippen LogP contribution in [0.25, 0.3) is 17.4 Å². The number of thiazole rings is 1. The molecule has 1 N–H and O–H groups in total. The summed E-state index contributed by atoms with van der Waals surface area (Å²) in [5, 5.41) is 9.32. The van der Waals surface area contributed by atoms with Crippen molar-refractivity contribution >= 4 is 41.0 Å². The standard InChI is InChI=1S/C31H27ClN2O7S/c1-5-39-20-9-6-18(7-10-20)27-26(30(38)40-16(2)3)17(4)33-31-34(27)28(35)25(42-31)15-21-11-13-24(41-21)19-8-12-22(29(36)37)23(32)14-19/h6-16,27H,5H2,1-4H3,(H,36,37)/b25-15+/t27-/m0/s1. The third-order valence-electron chi connectivity index (χ3n) is 6.48. The minimum Gasteiger partial charge on any atom is -0.494 e. The normalized spacial score (nSPS) is 15.0. The number of furan rings is 1. The molecule has 4 aromatic rings. The summed E-state index contributed by atoms with van der Waals surface area (Å²) in [6, 6.07) is 14.4. The molecule has 5 rings (SSSR count). The maximum atomic E-state index is 13.9. The molecular formula is C31H27ClN2O7S. The first-order valence-corrected chi connectivity index (χ1v) is 14.4. The number of carbonyl (C=O) groups excluding carboxylic acids is 1. The van der Waals surface area contributed by atoms with Crippen LogP contribution in [-0.4, -0.2) is 34.3 Å². The summed E-state index contributed by atoms with van der Waals surface area (Å²) in [6.45, 7) is 7.66. The monoisotopic (exact) mass is 606 g/mol. The van der Waals surface area contributed by atoms with Gasteiger partial charge >= 0.3 is 11.9 Å². The fourth-order valence-corrected chi connectivity index (χ4v) is 5.93. The van der Waals surface area contributed by atoms with Gasteiger partial charge in [-0.05, 0) is 69.7 Å². The van der Waals surface area contributed by atoms with Crippen molar-refractivity contribution in [1.82, 2.24) is 4.57 Å². The number of hydrogen-bond donors (Lipinski definition) is 1. The van der Waals surface area contributed by atoms with Crippen molar-refractivity contribution in [3.05, 3.63) is 107 Å². The molecule has 42 heavy (non-hydrogen) atoms. The topological polar surface area (TPSA) is 120 Å². The second kappa shape index (κ2) is 11.8. The molecule has 3 heterocycles. The molecular weight excluding hydrogens is 580 g/mol. The highest BCUT2D eigenvalue weighted by atomic mass is 35.5. The number of nitrogens with zero attached hydrogens (tertiary/aromatic N) is 2. The van der Waals surface area contributed by atoms with E-state index in [2.05, 4.69) is 4.99 Å². The Morgan fingerprint density at radius 1 is 1.17 bits per heavy atom. The van der Waals surface area contributed by atoms with Crippen LogP contribution in [-0.2, 0) is 9.53 Å². The van der Waals surface area contributed by atoms with Crippen molar-refractivity contribution in [3.63, 3.8) is 0 Å². The van der Waals surface area contributed by atoms with Crippen LogP contribution in [0.1, 0.15) is 55.4 Å².